The molecular weight excluding hydrogens is 300 g/mol. The van der Waals surface area contributed by atoms with E-state index in [1.165, 1.54) is 22.4 Å². The van der Waals surface area contributed by atoms with Gasteiger partial charge in [-0.3, -0.25) is 0 Å². The van der Waals surface area contributed by atoms with Crippen molar-refractivity contribution in [3.05, 3.63) is 59.2 Å². The van der Waals surface area contributed by atoms with Gasteiger partial charge in [-0.25, -0.2) is 0 Å². The first-order valence-corrected chi connectivity index (χ1v) is 7.91. The van der Waals surface area contributed by atoms with E-state index in [-0.39, 0.29) is 0 Å². The van der Waals surface area contributed by atoms with Crippen LogP contribution in [0.2, 0.25) is 0 Å². The van der Waals surface area contributed by atoms with Gasteiger partial charge in [0.05, 0.1) is 5.69 Å². The van der Waals surface area contributed by atoms with Gasteiger partial charge in [0.1, 0.15) is 0 Å². The lowest BCUT2D eigenvalue weighted by Gasteiger charge is -2.15. The van der Waals surface area contributed by atoms with Crippen LogP contribution >= 0.6 is 0 Å². The molecule has 0 aliphatic heterocycles. The molecular formula is C18H22N6. The molecule has 124 valence electrons. The van der Waals surface area contributed by atoms with Crippen LogP contribution in [0.5, 0.6) is 0 Å². The number of aryl methyl sites for hydroxylation is 2. The topological polar surface area (TPSA) is 58.9 Å². The number of nitrogens with zero attached hydrogens (tertiary/aromatic N) is 5. The van der Waals surface area contributed by atoms with Crippen LogP contribution in [-0.4, -0.2) is 34.3 Å². The Morgan fingerprint density at radius 2 is 1.79 bits per heavy atom. The normalized spacial score (nSPS) is 10.7. The largest absolute Gasteiger partial charge is 0.378 e. The molecule has 1 aromatic heterocycles. The molecule has 0 radical (unpaired) electrons. The van der Waals surface area contributed by atoms with E-state index in [1.807, 2.05) is 38.4 Å². The Morgan fingerprint density at radius 3 is 2.46 bits per heavy atom. The summed E-state index contributed by atoms with van der Waals surface area (Å²) in [5, 5.41) is 15.3. The Hall–Kier alpha value is -2.89. The highest BCUT2D eigenvalue weighted by molar-refractivity contribution is 5.50. The van der Waals surface area contributed by atoms with Gasteiger partial charge in [-0.15, -0.1) is 0 Å². The first-order valence-electron chi connectivity index (χ1n) is 7.91. The minimum atomic E-state index is 0.634. The molecule has 0 saturated heterocycles. The molecule has 0 saturated carbocycles. The van der Waals surface area contributed by atoms with E-state index in [9.17, 15) is 0 Å². The minimum absolute atomic E-state index is 0.634. The minimum Gasteiger partial charge on any atom is -0.378 e. The van der Waals surface area contributed by atoms with Crippen molar-refractivity contribution in [2.24, 2.45) is 0 Å². The summed E-state index contributed by atoms with van der Waals surface area (Å²) in [5.74, 6) is 0.634. The predicted octanol–water partition coefficient (Wildman–Crippen LogP) is 2.96. The summed E-state index contributed by atoms with van der Waals surface area (Å²) in [7, 11) is 4.09. The van der Waals surface area contributed by atoms with Crippen molar-refractivity contribution in [2.75, 3.05) is 24.3 Å². The summed E-state index contributed by atoms with van der Waals surface area (Å²) in [4.78, 5) is 2.10. The molecule has 1 N–H and O–H groups in total. The third-order valence-corrected chi connectivity index (χ3v) is 4.03. The standard InChI is InChI=1S/C18H22N6/c1-13-5-8-16(9-6-13)24-18(20-21-22-24)19-12-15-7-10-17(23(3)4)11-14(15)2/h5-11H,12H2,1-4H3,(H,19,20,22). The molecule has 0 atom stereocenters. The maximum Gasteiger partial charge on any atom is 0.248 e. The fourth-order valence-electron chi connectivity index (χ4n) is 2.49. The second-order valence-corrected chi connectivity index (χ2v) is 6.11. The fourth-order valence-corrected chi connectivity index (χ4v) is 2.49. The third-order valence-electron chi connectivity index (χ3n) is 4.03. The smallest absolute Gasteiger partial charge is 0.248 e. The second-order valence-electron chi connectivity index (χ2n) is 6.11. The van der Waals surface area contributed by atoms with Crippen LogP contribution in [0.3, 0.4) is 0 Å². The van der Waals surface area contributed by atoms with Crippen LogP contribution in [0.4, 0.5) is 11.6 Å². The average Bonchev–Trinajstić information content (AvgIpc) is 3.02. The van der Waals surface area contributed by atoms with Gasteiger partial charge in [0.15, 0.2) is 0 Å². The zero-order chi connectivity index (χ0) is 17.1. The summed E-state index contributed by atoms with van der Waals surface area (Å²) in [6.45, 7) is 4.85. The molecule has 2 aromatic carbocycles. The molecule has 1 heterocycles. The van der Waals surface area contributed by atoms with E-state index in [0.717, 1.165) is 5.69 Å². The van der Waals surface area contributed by atoms with Crippen molar-refractivity contribution < 1.29 is 0 Å². The molecule has 24 heavy (non-hydrogen) atoms. The van der Waals surface area contributed by atoms with Crippen molar-refractivity contribution in [1.82, 2.24) is 20.2 Å². The summed E-state index contributed by atoms with van der Waals surface area (Å²) >= 11 is 0. The van der Waals surface area contributed by atoms with Crippen molar-refractivity contribution in [2.45, 2.75) is 20.4 Å². The van der Waals surface area contributed by atoms with Crippen LogP contribution < -0.4 is 10.2 Å². The van der Waals surface area contributed by atoms with E-state index in [0.29, 0.717) is 12.5 Å². The number of anilines is 2. The van der Waals surface area contributed by atoms with Gasteiger partial charge in [0.25, 0.3) is 0 Å². The van der Waals surface area contributed by atoms with Crippen molar-refractivity contribution >= 4 is 11.6 Å². The van der Waals surface area contributed by atoms with Gasteiger partial charge >= 0.3 is 0 Å². The molecule has 0 aliphatic rings. The lowest BCUT2D eigenvalue weighted by atomic mass is 10.1. The van der Waals surface area contributed by atoms with Crippen molar-refractivity contribution in [3.63, 3.8) is 0 Å². The molecule has 6 nitrogen and oxygen atoms in total. The van der Waals surface area contributed by atoms with Crippen LogP contribution in [0.15, 0.2) is 42.5 Å². The quantitative estimate of drug-likeness (QED) is 0.782. The molecule has 3 rings (SSSR count). The predicted molar refractivity (Wildman–Crippen MR) is 96.7 cm³/mol. The number of benzene rings is 2. The maximum atomic E-state index is 4.09. The van der Waals surface area contributed by atoms with Gasteiger partial charge in [-0.2, -0.15) is 4.68 Å². The van der Waals surface area contributed by atoms with E-state index >= 15 is 0 Å². The van der Waals surface area contributed by atoms with Crippen LogP contribution in [-0.2, 0) is 6.54 Å². The van der Waals surface area contributed by atoms with Gasteiger partial charge in [-0.1, -0.05) is 28.9 Å². The van der Waals surface area contributed by atoms with Gasteiger partial charge in [-0.05, 0) is 59.7 Å². The highest BCUT2D eigenvalue weighted by Crippen LogP contribution is 2.19. The van der Waals surface area contributed by atoms with E-state index in [1.54, 1.807) is 4.68 Å². The number of hydrogen-bond acceptors (Lipinski definition) is 5. The third kappa shape index (κ3) is 3.37. The van der Waals surface area contributed by atoms with Crippen LogP contribution in [0.25, 0.3) is 5.69 Å². The SMILES string of the molecule is Cc1ccc(-n2nnnc2NCc2ccc(N(C)C)cc2C)cc1. The van der Waals surface area contributed by atoms with Crippen LogP contribution in [0.1, 0.15) is 16.7 Å². The van der Waals surface area contributed by atoms with Gasteiger partial charge < -0.3 is 10.2 Å². The number of hydrogen-bond donors (Lipinski definition) is 1. The molecule has 0 amide bonds. The fraction of sp³-hybridized carbons (Fsp3) is 0.278. The summed E-state index contributed by atoms with van der Waals surface area (Å²) in [5.41, 5.74) is 5.80. The maximum absolute atomic E-state index is 4.09. The van der Waals surface area contributed by atoms with E-state index in [4.69, 9.17) is 0 Å². The lowest BCUT2D eigenvalue weighted by molar-refractivity contribution is 0.789. The Morgan fingerprint density at radius 1 is 1.04 bits per heavy atom. The highest BCUT2D eigenvalue weighted by atomic mass is 15.6. The van der Waals surface area contributed by atoms with Gasteiger partial charge in [0, 0.05) is 26.3 Å². The molecule has 0 fully saturated rings. The Labute approximate surface area is 142 Å². The second kappa shape index (κ2) is 6.70. The summed E-state index contributed by atoms with van der Waals surface area (Å²) in [6.07, 6.45) is 0. The van der Waals surface area contributed by atoms with E-state index in [2.05, 4.69) is 57.8 Å². The average molecular weight is 322 g/mol. The molecule has 3 aromatic rings. The zero-order valence-corrected chi connectivity index (χ0v) is 14.5. The number of rotatable bonds is 5. The Balaban J connectivity index is 1.76. The molecule has 0 unspecified atom stereocenters. The van der Waals surface area contributed by atoms with Crippen molar-refractivity contribution in [1.29, 1.82) is 0 Å². The Bertz CT molecular complexity index is 820. The Kier molecular flexibility index (Phi) is 4.46. The van der Waals surface area contributed by atoms with Crippen molar-refractivity contribution in [3.8, 4) is 5.69 Å². The molecule has 6 heteroatoms. The highest BCUT2D eigenvalue weighted by Gasteiger charge is 2.09. The van der Waals surface area contributed by atoms with E-state index < -0.39 is 0 Å². The summed E-state index contributed by atoms with van der Waals surface area (Å²) < 4.78 is 1.71. The lowest BCUT2D eigenvalue weighted by Crippen LogP contribution is -2.11. The zero-order valence-electron chi connectivity index (χ0n) is 14.5. The molecule has 0 aliphatic carbocycles. The first-order chi connectivity index (χ1) is 11.5. The van der Waals surface area contributed by atoms with Crippen LogP contribution in [0, 0.1) is 13.8 Å². The van der Waals surface area contributed by atoms with Gasteiger partial charge in [0.2, 0.25) is 5.95 Å². The summed E-state index contributed by atoms with van der Waals surface area (Å²) in [6, 6.07) is 14.5. The number of tetrazole rings is 1. The monoisotopic (exact) mass is 322 g/mol. The number of aromatic nitrogens is 4. The number of nitrogens with one attached hydrogen (secondary N) is 1. The molecule has 0 spiro atoms. The first kappa shape index (κ1) is 16.0. The molecule has 0 bridgehead atoms.